The molecule has 1 fully saturated rings. The molecule has 3 aromatic rings. The minimum atomic E-state index is -0.545. The summed E-state index contributed by atoms with van der Waals surface area (Å²) in [6, 6.07) is 9.29. The van der Waals surface area contributed by atoms with Crippen LogP contribution < -0.4 is 10.9 Å². The van der Waals surface area contributed by atoms with Crippen molar-refractivity contribution in [2.24, 2.45) is 0 Å². The van der Waals surface area contributed by atoms with Gasteiger partial charge in [0, 0.05) is 18.0 Å². The van der Waals surface area contributed by atoms with Gasteiger partial charge < -0.3 is 10.3 Å². The fraction of sp³-hybridized carbons (Fsp3) is 0.222. The van der Waals surface area contributed by atoms with Gasteiger partial charge in [-0.15, -0.1) is 0 Å². The summed E-state index contributed by atoms with van der Waals surface area (Å²) in [4.78, 5) is 29.2. The molecule has 1 heterocycles. The molecule has 1 aliphatic carbocycles. The molecule has 26 heavy (non-hydrogen) atoms. The summed E-state index contributed by atoms with van der Waals surface area (Å²) in [5, 5.41) is 14.6. The van der Waals surface area contributed by atoms with Crippen LogP contribution in [-0.2, 0) is 5.41 Å². The molecule has 0 saturated heterocycles. The average molecular weight is 354 g/mol. The van der Waals surface area contributed by atoms with Crippen molar-refractivity contribution in [3.63, 3.8) is 0 Å². The second-order valence-corrected chi connectivity index (χ2v) is 6.49. The van der Waals surface area contributed by atoms with Crippen LogP contribution in [0.15, 0.2) is 47.5 Å². The van der Waals surface area contributed by atoms with Gasteiger partial charge in [0.1, 0.15) is 11.5 Å². The monoisotopic (exact) mass is 354 g/mol. The zero-order valence-corrected chi connectivity index (χ0v) is 13.7. The Bertz CT molecular complexity index is 1080. The molecule has 0 bridgehead atoms. The number of aromatic nitrogens is 2. The summed E-state index contributed by atoms with van der Waals surface area (Å²) in [6.45, 7) is 0.365. The number of nitro groups is 1. The van der Waals surface area contributed by atoms with Crippen LogP contribution in [0.2, 0.25) is 0 Å². The number of nitrogens with zero attached hydrogens (tertiary/aromatic N) is 2. The third-order valence-electron chi connectivity index (χ3n) is 4.87. The molecule has 1 saturated carbocycles. The molecule has 132 valence electrons. The maximum atomic E-state index is 14.1. The van der Waals surface area contributed by atoms with Crippen molar-refractivity contribution in [3.05, 3.63) is 74.6 Å². The Labute approximate surface area is 147 Å². The van der Waals surface area contributed by atoms with Crippen LogP contribution in [0.1, 0.15) is 18.4 Å². The number of nitrogens with one attached hydrogen (secondary N) is 2. The number of anilines is 1. The molecule has 0 amide bonds. The third kappa shape index (κ3) is 2.69. The van der Waals surface area contributed by atoms with E-state index in [0.717, 1.165) is 12.8 Å². The smallest absolute Gasteiger partial charge is 0.293 e. The quantitative estimate of drug-likeness (QED) is 0.541. The van der Waals surface area contributed by atoms with Gasteiger partial charge in [0.2, 0.25) is 0 Å². The van der Waals surface area contributed by atoms with Crippen LogP contribution >= 0.6 is 0 Å². The SMILES string of the molecule is O=c1[nH]cnc2cc(NCC3(c4ccccc4F)CC3)c([N+](=O)[O-])cc12. The van der Waals surface area contributed by atoms with E-state index in [9.17, 15) is 19.3 Å². The number of benzene rings is 2. The number of H-pyrrole nitrogens is 1. The zero-order chi connectivity index (χ0) is 18.3. The van der Waals surface area contributed by atoms with E-state index < -0.39 is 10.5 Å². The summed E-state index contributed by atoms with van der Waals surface area (Å²) in [7, 11) is 0. The van der Waals surface area contributed by atoms with Gasteiger partial charge in [-0.05, 0) is 30.5 Å². The molecule has 0 unspecified atom stereocenters. The van der Waals surface area contributed by atoms with Gasteiger partial charge in [-0.25, -0.2) is 9.37 Å². The highest BCUT2D eigenvalue weighted by Gasteiger charge is 2.45. The van der Waals surface area contributed by atoms with Crippen LogP contribution in [0.5, 0.6) is 0 Å². The average Bonchev–Trinajstić information content (AvgIpc) is 3.41. The molecule has 1 aliphatic rings. The van der Waals surface area contributed by atoms with E-state index in [0.29, 0.717) is 17.6 Å². The van der Waals surface area contributed by atoms with Crippen LogP contribution in [0, 0.1) is 15.9 Å². The van der Waals surface area contributed by atoms with E-state index in [1.807, 2.05) is 0 Å². The molecule has 2 aromatic carbocycles. The fourth-order valence-electron chi connectivity index (χ4n) is 3.24. The minimum absolute atomic E-state index is 0.153. The second-order valence-electron chi connectivity index (χ2n) is 6.49. The normalized spacial score (nSPS) is 15.0. The molecule has 2 N–H and O–H groups in total. The Kier molecular flexibility index (Phi) is 3.68. The molecule has 0 aliphatic heterocycles. The van der Waals surface area contributed by atoms with Crippen LogP contribution in [0.25, 0.3) is 10.9 Å². The van der Waals surface area contributed by atoms with Crippen molar-refractivity contribution in [1.29, 1.82) is 0 Å². The predicted octanol–water partition coefficient (Wildman–Crippen LogP) is 3.11. The number of hydrogen-bond donors (Lipinski definition) is 2. The standard InChI is InChI=1S/C18H15FN4O3/c19-13-4-2-1-3-12(13)18(5-6-18)9-20-15-8-14-11(7-16(15)23(25)26)17(24)22-10-21-14/h1-4,7-8,10,20H,5-6,9H2,(H,21,22,24). The number of halogens is 1. The number of hydrogen-bond acceptors (Lipinski definition) is 5. The lowest BCUT2D eigenvalue weighted by atomic mass is 9.95. The summed E-state index contributed by atoms with van der Waals surface area (Å²) in [5.74, 6) is -0.270. The Balaban J connectivity index is 1.69. The van der Waals surface area contributed by atoms with Crippen LogP contribution in [0.3, 0.4) is 0 Å². The van der Waals surface area contributed by atoms with E-state index in [4.69, 9.17) is 0 Å². The van der Waals surface area contributed by atoms with Crippen molar-refractivity contribution in [3.8, 4) is 0 Å². The molecule has 0 spiro atoms. The first-order valence-electron chi connectivity index (χ1n) is 8.15. The molecular weight excluding hydrogens is 339 g/mol. The third-order valence-corrected chi connectivity index (χ3v) is 4.87. The van der Waals surface area contributed by atoms with Crippen LogP contribution in [0.4, 0.5) is 15.8 Å². The van der Waals surface area contributed by atoms with Crippen molar-refractivity contribution in [2.45, 2.75) is 18.3 Å². The fourth-order valence-corrected chi connectivity index (χ4v) is 3.24. The molecule has 7 nitrogen and oxygen atoms in total. The van der Waals surface area contributed by atoms with E-state index >= 15 is 0 Å². The lowest BCUT2D eigenvalue weighted by Crippen LogP contribution is -2.21. The van der Waals surface area contributed by atoms with Gasteiger partial charge in [-0.1, -0.05) is 18.2 Å². The lowest BCUT2D eigenvalue weighted by Gasteiger charge is -2.18. The van der Waals surface area contributed by atoms with E-state index in [2.05, 4.69) is 15.3 Å². The molecule has 1 aromatic heterocycles. The highest BCUT2D eigenvalue weighted by molar-refractivity contribution is 5.86. The summed E-state index contributed by atoms with van der Waals surface area (Å²) < 4.78 is 14.1. The summed E-state index contributed by atoms with van der Waals surface area (Å²) in [5.41, 5.74) is 0.233. The molecule has 0 radical (unpaired) electrons. The summed E-state index contributed by atoms with van der Waals surface area (Å²) >= 11 is 0. The van der Waals surface area contributed by atoms with E-state index in [1.54, 1.807) is 18.2 Å². The van der Waals surface area contributed by atoms with Gasteiger partial charge in [-0.3, -0.25) is 14.9 Å². The first-order chi connectivity index (χ1) is 12.5. The predicted molar refractivity (Wildman–Crippen MR) is 94.8 cm³/mol. The zero-order valence-electron chi connectivity index (χ0n) is 13.7. The Morgan fingerprint density at radius 1 is 1.31 bits per heavy atom. The maximum Gasteiger partial charge on any atom is 0.293 e. The van der Waals surface area contributed by atoms with Crippen molar-refractivity contribution in [1.82, 2.24) is 9.97 Å². The van der Waals surface area contributed by atoms with Crippen LogP contribution in [-0.4, -0.2) is 21.4 Å². The van der Waals surface area contributed by atoms with Gasteiger partial charge >= 0.3 is 0 Å². The Morgan fingerprint density at radius 2 is 2.08 bits per heavy atom. The number of aromatic amines is 1. The van der Waals surface area contributed by atoms with Gasteiger partial charge in [0.15, 0.2) is 0 Å². The highest BCUT2D eigenvalue weighted by atomic mass is 19.1. The number of fused-ring (bicyclic) bond motifs is 1. The topological polar surface area (TPSA) is 101 Å². The largest absolute Gasteiger partial charge is 0.379 e. The Hall–Kier alpha value is -3.29. The highest BCUT2D eigenvalue weighted by Crippen LogP contribution is 2.49. The van der Waals surface area contributed by atoms with E-state index in [-0.39, 0.29) is 28.0 Å². The Morgan fingerprint density at radius 3 is 2.77 bits per heavy atom. The van der Waals surface area contributed by atoms with E-state index in [1.165, 1.54) is 24.5 Å². The van der Waals surface area contributed by atoms with Crippen molar-refractivity contribution >= 4 is 22.3 Å². The van der Waals surface area contributed by atoms with Gasteiger partial charge in [0.25, 0.3) is 11.2 Å². The lowest BCUT2D eigenvalue weighted by molar-refractivity contribution is -0.383. The van der Waals surface area contributed by atoms with Crippen molar-refractivity contribution in [2.75, 3.05) is 11.9 Å². The number of nitro benzene ring substituents is 1. The van der Waals surface area contributed by atoms with Gasteiger partial charge in [0.05, 0.1) is 22.2 Å². The second kappa shape index (κ2) is 5.91. The van der Waals surface area contributed by atoms with Crippen molar-refractivity contribution < 1.29 is 9.31 Å². The maximum absolute atomic E-state index is 14.1. The first-order valence-corrected chi connectivity index (χ1v) is 8.15. The minimum Gasteiger partial charge on any atom is -0.379 e. The summed E-state index contributed by atoms with van der Waals surface area (Å²) in [6.07, 6.45) is 2.86. The molecule has 0 atom stereocenters. The molecular formula is C18H15FN4O3. The van der Waals surface area contributed by atoms with Gasteiger partial charge in [-0.2, -0.15) is 0 Å². The first kappa shape index (κ1) is 16.2. The molecule has 8 heteroatoms. The number of rotatable bonds is 5. The molecule has 4 rings (SSSR count).